The molecule has 0 fully saturated rings. The van der Waals surface area contributed by atoms with Crippen LogP contribution in [0.5, 0.6) is 5.75 Å². The van der Waals surface area contributed by atoms with Crippen molar-refractivity contribution in [1.82, 2.24) is 4.98 Å². The predicted molar refractivity (Wildman–Crippen MR) is 114 cm³/mol. The first kappa shape index (κ1) is 19.8. The molecule has 0 radical (unpaired) electrons. The second kappa shape index (κ2) is 7.39. The Kier molecular flexibility index (Phi) is 5.22. The van der Waals surface area contributed by atoms with E-state index in [0.29, 0.717) is 0 Å². The molecule has 1 N–H and O–H groups in total. The number of anilines is 1. The number of rotatable bonds is 4. The summed E-state index contributed by atoms with van der Waals surface area (Å²) < 4.78 is 33.3. The SMILES string of the molecule is COc1ccc2c(c1)CCc1sc(NS(=O)(=O)c3ccc(Cl)c(Cl)c3Cl)nc1-2. The highest BCUT2D eigenvalue weighted by Crippen LogP contribution is 2.41. The molecule has 10 heteroatoms. The van der Waals surface area contributed by atoms with E-state index in [-0.39, 0.29) is 25.1 Å². The third-order valence-electron chi connectivity index (χ3n) is 4.40. The number of ether oxygens (including phenoxy) is 1. The van der Waals surface area contributed by atoms with E-state index < -0.39 is 10.0 Å². The zero-order chi connectivity index (χ0) is 20.1. The van der Waals surface area contributed by atoms with Crippen LogP contribution in [0.4, 0.5) is 5.13 Å². The van der Waals surface area contributed by atoms with E-state index in [4.69, 9.17) is 39.5 Å². The number of methoxy groups -OCH3 is 1. The second-order valence-corrected chi connectivity index (χ2v) is 9.99. The maximum Gasteiger partial charge on any atom is 0.265 e. The Morgan fingerprint density at radius 1 is 1.11 bits per heavy atom. The lowest BCUT2D eigenvalue weighted by Gasteiger charge is -2.15. The Balaban J connectivity index is 1.69. The van der Waals surface area contributed by atoms with Crippen molar-refractivity contribution in [2.75, 3.05) is 11.8 Å². The standard InChI is InChI=1S/C18H13Cl3N2O3S2/c1-26-10-3-4-11-9(8-10)2-6-13-17(11)22-18(27-13)23-28(24,25)14-7-5-12(19)15(20)16(14)21/h3-5,7-8H,2,6H2,1H3,(H,22,23). The quantitative estimate of drug-likeness (QED) is 0.493. The molecule has 146 valence electrons. The predicted octanol–water partition coefficient (Wildman–Crippen LogP) is 5.68. The number of aromatic nitrogens is 1. The van der Waals surface area contributed by atoms with E-state index >= 15 is 0 Å². The fourth-order valence-electron chi connectivity index (χ4n) is 3.04. The summed E-state index contributed by atoms with van der Waals surface area (Å²) in [5.74, 6) is 0.785. The van der Waals surface area contributed by atoms with Gasteiger partial charge in [-0.25, -0.2) is 13.4 Å². The van der Waals surface area contributed by atoms with Crippen molar-refractivity contribution in [3.63, 3.8) is 0 Å². The van der Waals surface area contributed by atoms with Crippen molar-refractivity contribution in [3.05, 3.63) is 55.8 Å². The molecule has 0 unspecified atom stereocenters. The van der Waals surface area contributed by atoms with E-state index in [1.165, 1.54) is 23.5 Å². The minimum Gasteiger partial charge on any atom is -0.497 e. The van der Waals surface area contributed by atoms with Crippen LogP contribution in [0.2, 0.25) is 15.1 Å². The van der Waals surface area contributed by atoms with Crippen LogP contribution >= 0.6 is 46.1 Å². The van der Waals surface area contributed by atoms with Crippen LogP contribution in [0.25, 0.3) is 11.3 Å². The van der Waals surface area contributed by atoms with Crippen LogP contribution in [-0.4, -0.2) is 20.5 Å². The summed E-state index contributed by atoms with van der Waals surface area (Å²) >= 11 is 19.2. The van der Waals surface area contributed by atoms with Gasteiger partial charge in [0.15, 0.2) is 5.13 Å². The molecule has 0 saturated heterocycles. The normalized spacial score (nSPS) is 13.0. The van der Waals surface area contributed by atoms with Gasteiger partial charge in [-0.2, -0.15) is 0 Å². The Morgan fingerprint density at radius 2 is 1.89 bits per heavy atom. The highest BCUT2D eigenvalue weighted by Gasteiger charge is 2.26. The van der Waals surface area contributed by atoms with Gasteiger partial charge in [0, 0.05) is 10.4 Å². The number of sulfonamides is 1. The number of hydrogen-bond acceptors (Lipinski definition) is 5. The molecule has 0 bridgehead atoms. The number of thiazole rings is 1. The second-order valence-electron chi connectivity index (χ2n) is 6.09. The van der Waals surface area contributed by atoms with Gasteiger partial charge in [0.05, 0.1) is 27.9 Å². The van der Waals surface area contributed by atoms with Crippen LogP contribution < -0.4 is 9.46 Å². The number of aryl methyl sites for hydroxylation is 2. The van der Waals surface area contributed by atoms with Gasteiger partial charge in [-0.3, -0.25) is 4.72 Å². The molecule has 2 aromatic carbocycles. The van der Waals surface area contributed by atoms with Gasteiger partial charge in [-0.05, 0) is 48.7 Å². The van der Waals surface area contributed by atoms with Gasteiger partial charge in [0.25, 0.3) is 10.0 Å². The van der Waals surface area contributed by atoms with Crippen LogP contribution in [0, 0.1) is 0 Å². The molecule has 1 heterocycles. The van der Waals surface area contributed by atoms with Crippen molar-refractivity contribution in [3.8, 4) is 17.0 Å². The minimum atomic E-state index is -3.97. The summed E-state index contributed by atoms with van der Waals surface area (Å²) in [7, 11) is -2.34. The van der Waals surface area contributed by atoms with Crippen LogP contribution in [0.1, 0.15) is 10.4 Å². The van der Waals surface area contributed by atoms with Gasteiger partial charge in [-0.15, -0.1) is 11.3 Å². The number of halogens is 3. The van der Waals surface area contributed by atoms with Crippen molar-refractivity contribution in [1.29, 1.82) is 0 Å². The first-order chi connectivity index (χ1) is 13.3. The van der Waals surface area contributed by atoms with Gasteiger partial charge in [-0.1, -0.05) is 34.8 Å². The first-order valence-electron chi connectivity index (χ1n) is 8.13. The lowest BCUT2D eigenvalue weighted by Crippen LogP contribution is -2.13. The maximum atomic E-state index is 12.8. The fourth-order valence-corrected chi connectivity index (χ4v) is 6.23. The molecule has 3 aromatic rings. The molecule has 0 spiro atoms. The summed E-state index contributed by atoms with van der Waals surface area (Å²) in [6, 6.07) is 8.50. The Labute approximate surface area is 181 Å². The van der Waals surface area contributed by atoms with Crippen LogP contribution in [0.3, 0.4) is 0 Å². The van der Waals surface area contributed by atoms with E-state index in [9.17, 15) is 8.42 Å². The average Bonchev–Trinajstić information content (AvgIpc) is 3.07. The Morgan fingerprint density at radius 3 is 2.64 bits per heavy atom. The summed E-state index contributed by atoms with van der Waals surface area (Å²) in [6.07, 6.45) is 1.62. The van der Waals surface area contributed by atoms with E-state index in [0.717, 1.165) is 40.3 Å². The third kappa shape index (κ3) is 3.46. The molecule has 1 aromatic heterocycles. The summed E-state index contributed by atoms with van der Waals surface area (Å²) in [6.45, 7) is 0. The van der Waals surface area contributed by atoms with E-state index in [1.807, 2.05) is 18.2 Å². The molecule has 4 rings (SSSR count). The molecule has 0 atom stereocenters. The van der Waals surface area contributed by atoms with Crippen molar-refractivity contribution >= 4 is 61.3 Å². The highest BCUT2D eigenvalue weighted by atomic mass is 35.5. The monoisotopic (exact) mass is 474 g/mol. The lowest BCUT2D eigenvalue weighted by atomic mass is 9.93. The molecular weight excluding hydrogens is 463 g/mol. The average molecular weight is 476 g/mol. The Hall–Kier alpha value is -1.51. The van der Waals surface area contributed by atoms with Gasteiger partial charge in [0.2, 0.25) is 0 Å². The topological polar surface area (TPSA) is 68.3 Å². The van der Waals surface area contributed by atoms with Crippen molar-refractivity contribution in [2.24, 2.45) is 0 Å². The molecular formula is C18H13Cl3N2O3S2. The van der Waals surface area contributed by atoms with Crippen molar-refractivity contribution < 1.29 is 13.2 Å². The van der Waals surface area contributed by atoms with Gasteiger partial charge < -0.3 is 4.74 Å². The number of fused-ring (bicyclic) bond motifs is 3. The van der Waals surface area contributed by atoms with E-state index in [1.54, 1.807) is 7.11 Å². The molecule has 0 aliphatic heterocycles. The van der Waals surface area contributed by atoms with Crippen LogP contribution in [0.15, 0.2) is 35.2 Å². The fraction of sp³-hybridized carbons (Fsp3) is 0.167. The van der Waals surface area contributed by atoms with Gasteiger partial charge in [0.1, 0.15) is 10.6 Å². The number of nitrogens with one attached hydrogen (secondary N) is 1. The molecule has 28 heavy (non-hydrogen) atoms. The lowest BCUT2D eigenvalue weighted by molar-refractivity contribution is 0.414. The minimum absolute atomic E-state index is 0.00693. The molecule has 0 amide bonds. The molecule has 1 aliphatic carbocycles. The first-order valence-corrected chi connectivity index (χ1v) is 11.6. The zero-order valence-corrected chi connectivity index (χ0v) is 18.3. The molecule has 0 saturated carbocycles. The Bertz CT molecular complexity index is 1190. The third-order valence-corrected chi connectivity index (χ3v) is 8.34. The van der Waals surface area contributed by atoms with Crippen molar-refractivity contribution in [2.45, 2.75) is 17.7 Å². The summed E-state index contributed by atoms with van der Waals surface area (Å²) in [5, 5.41) is 0.325. The van der Waals surface area contributed by atoms with Crippen LogP contribution in [-0.2, 0) is 22.9 Å². The number of benzene rings is 2. The maximum absolute atomic E-state index is 12.8. The molecule has 5 nitrogen and oxygen atoms in total. The molecule has 1 aliphatic rings. The largest absolute Gasteiger partial charge is 0.497 e. The highest BCUT2D eigenvalue weighted by molar-refractivity contribution is 7.93. The summed E-state index contributed by atoms with van der Waals surface area (Å²) in [5.41, 5.74) is 2.89. The smallest absolute Gasteiger partial charge is 0.265 e. The van der Waals surface area contributed by atoms with E-state index in [2.05, 4.69) is 9.71 Å². The number of nitrogens with zero attached hydrogens (tertiary/aromatic N) is 1. The number of hydrogen-bond donors (Lipinski definition) is 1. The summed E-state index contributed by atoms with van der Waals surface area (Å²) in [4.78, 5) is 5.39. The van der Waals surface area contributed by atoms with Gasteiger partial charge >= 0.3 is 0 Å². The zero-order valence-electron chi connectivity index (χ0n) is 14.4.